The third-order valence-corrected chi connectivity index (χ3v) is 6.74. The summed E-state index contributed by atoms with van der Waals surface area (Å²) in [5.74, 6) is -0.195. The van der Waals surface area contributed by atoms with Crippen LogP contribution in [0.2, 0.25) is 0 Å². The highest BCUT2D eigenvalue weighted by atomic mass is 16.5. The molecule has 2 rings (SSSR count). The van der Waals surface area contributed by atoms with E-state index in [1.807, 2.05) is 18.2 Å². The van der Waals surface area contributed by atoms with Crippen LogP contribution >= 0.6 is 0 Å². The molecule has 1 aliphatic rings. The molecule has 0 aliphatic carbocycles. The van der Waals surface area contributed by atoms with Gasteiger partial charge in [0, 0.05) is 57.5 Å². The van der Waals surface area contributed by atoms with Crippen LogP contribution in [-0.4, -0.2) is 67.6 Å². The molecule has 0 saturated carbocycles. The highest BCUT2D eigenvalue weighted by Crippen LogP contribution is 2.04. The maximum Gasteiger partial charge on any atom is 0.252 e. The molecule has 1 saturated heterocycles. The summed E-state index contributed by atoms with van der Waals surface area (Å²) in [6, 6.07) is 3.72. The Morgan fingerprint density at radius 3 is 1.91 bits per heavy atom. The summed E-state index contributed by atoms with van der Waals surface area (Å²) in [5.41, 5.74) is 1.50. The fourth-order valence-electron chi connectivity index (χ4n) is 4.23. The molecule has 7 heteroatoms. The molecular weight excluding hydrogens is 536 g/mol. The molecule has 2 N–H and O–H groups in total. The van der Waals surface area contributed by atoms with Crippen molar-refractivity contribution in [1.82, 2.24) is 20.5 Å². The number of carbonyl (C=O) groups excluding carboxylic acids is 2. The van der Waals surface area contributed by atoms with Crippen molar-refractivity contribution in [1.29, 1.82) is 0 Å². The largest absolute Gasteiger partial charge is 0.379 e. The van der Waals surface area contributed by atoms with E-state index < -0.39 is 0 Å². The van der Waals surface area contributed by atoms with Crippen LogP contribution in [0.25, 0.3) is 0 Å². The Morgan fingerprint density at radius 1 is 0.791 bits per heavy atom. The molecule has 1 aromatic heterocycles. The van der Waals surface area contributed by atoms with Gasteiger partial charge in [-0.2, -0.15) is 0 Å². The number of ether oxygens (including phenoxy) is 1. The number of aromatic nitrogens is 1. The minimum atomic E-state index is -0.181. The van der Waals surface area contributed by atoms with E-state index in [1.165, 1.54) is 0 Å². The molecule has 1 fully saturated rings. The van der Waals surface area contributed by atoms with E-state index in [9.17, 15) is 9.59 Å². The van der Waals surface area contributed by atoms with Crippen LogP contribution in [-0.2, 0) is 16.0 Å². The van der Waals surface area contributed by atoms with Crippen molar-refractivity contribution in [2.45, 2.75) is 64.7 Å². The number of hydrogen-bond donors (Lipinski definition) is 2. The number of carbonyl (C=O) groups is 2. The van der Waals surface area contributed by atoms with Gasteiger partial charge in [0.05, 0.1) is 18.8 Å². The minimum Gasteiger partial charge on any atom is -0.379 e. The molecule has 0 atom stereocenters. The topological polar surface area (TPSA) is 83.6 Å². The molecule has 0 unspecified atom stereocenters. The molecule has 0 radical (unpaired) electrons. The zero-order valence-electron chi connectivity index (χ0n) is 26.1. The first-order chi connectivity index (χ1) is 21.2. The fourth-order valence-corrected chi connectivity index (χ4v) is 4.23. The maximum atomic E-state index is 12.4. The second-order valence-corrected chi connectivity index (χ2v) is 10.3. The summed E-state index contributed by atoms with van der Waals surface area (Å²) in [6.45, 7) is 7.37. The van der Waals surface area contributed by atoms with Gasteiger partial charge in [0.15, 0.2) is 0 Å². The zero-order valence-corrected chi connectivity index (χ0v) is 26.1. The third kappa shape index (κ3) is 19.3. The predicted octanol–water partition coefficient (Wildman–Crippen LogP) is 6.28. The van der Waals surface area contributed by atoms with Gasteiger partial charge in [0.1, 0.15) is 0 Å². The molecule has 43 heavy (non-hydrogen) atoms. The highest BCUT2D eigenvalue weighted by Gasteiger charge is 2.11. The number of rotatable bonds is 21. The van der Waals surface area contributed by atoms with E-state index in [-0.39, 0.29) is 11.8 Å². The quantitative estimate of drug-likeness (QED) is 0.130. The molecule has 1 aliphatic heterocycles. The smallest absolute Gasteiger partial charge is 0.252 e. The van der Waals surface area contributed by atoms with E-state index in [4.69, 9.17) is 4.74 Å². The lowest BCUT2D eigenvalue weighted by molar-refractivity contribution is -0.120. The SMILES string of the molecule is CC/C=C\C/C=C\C/C=C\C/C=C\C/C=C\C/C=C\CCC(=O)NCCNC(=O)c1ccc(CCN2CCOCC2)nc1. The Morgan fingerprint density at radius 2 is 1.35 bits per heavy atom. The molecule has 7 nitrogen and oxygen atoms in total. The van der Waals surface area contributed by atoms with Gasteiger partial charge in [0.2, 0.25) is 5.91 Å². The minimum absolute atomic E-state index is 0.0138. The van der Waals surface area contributed by atoms with Crippen LogP contribution in [0.4, 0.5) is 0 Å². The molecule has 0 aromatic carbocycles. The Balaban J connectivity index is 1.43. The first kappa shape index (κ1) is 35.6. The van der Waals surface area contributed by atoms with Crippen LogP contribution in [0, 0.1) is 0 Å². The molecule has 0 spiro atoms. The Hall–Kier alpha value is -3.55. The summed E-state index contributed by atoms with van der Waals surface area (Å²) in [5, 5.41) is 5.69. The van der Waals surface area contributed by atoms with E-state index in [1.54, 1.807) is 6.20 Å². The average molecular weight is 589 g/mol. The Labute approximate surface area is 259 Å². The zero-order chi connectivity index (χ0) is 30.6. The van der Waals surface area contributed by atoms with Crippen molar-refractivity contribution in [2.75, 3.05) is 45.9 Å². The van der Waals surface area contributed by atoms with Crippen molar-refractivity contribution in [2.24, 2.45) is 0 Å². The number of hydrogen-bond acceptors (Lipinski definition) is 5. The second-order valence-electron chi connectivity index (χ2n) is 10.3. The maximum absolute atomic E-state index is 12.4. The molecule has 0 bridgehead atoms. The van der Waals surface area contributed by atoms with Crippen LogP contribution in [0.5, 0.6) is 0 Å². The second kappa shape index (κ2) is 25.0. The standard InChI is InChI=1S/C36H52N4O3/c1-2-3-4-5-6-7-8-9-10-11-12-13-14-15-16-17-18-19-20-21-35(41)37-25-26-38-36(42)33-22-23-34(39-32-33)24-27-40-28-30-43-31-29-40/h3-4,6-7,9-10,12-13,15-16,18-19,22-23,32H,2,5,8,11,14,17,20-21,24-31H2,1H3,(H,37,41)(H,38,42)/b4-3-,7-6-,10-9-,13-12-,16-15-,19-18-. The Kier molecular flexibility index (Phi) is 20.7. The monoisotopic (exact) mass is 588 g/mol. The summed E-state index contributed by atoms with van der Waals surface area (Å²) < 4.78 is 5.38. The van der Waals surface area contributed by atoms with Gasteiger partial charge in [-0.1, -0.05) is 79.8 Å². The van der Waals surface area contributed by atoms with Gasteiger partial charge in [-0.15, -0.1) is 0 Å². The highest BCUT2D eigenvalue weighted by molar-refractivity contribution is 5.93. The average Bonchev–Trinajstić information content (AvgIpc) is 3.04. The van der Waals surface area contributed by atoms with E-state index in [2.05, 4.69) is 94.3 Å². The van der Waals surface area contributed by atoms with Gasteiger partial charge >= 0.3 is 0 Å². The third-order valence-electron chi connectivity index (χ3n) is 6.74. The predicted molar refractivity (Wildman–Crippen MR) is 178 cm³/mol. The molecular formula is C36H52N4O3. The van der Waals surface area contributed by atoms with Gasteiger partial charge in [0.25, 0.3) is 5.91 Å². The number of pyridine rings is 1. The van der Waals surface area contributed by atoms with E-state index in [0.717, 1.165) is 83.5 Å². The van der Waals surface area contributed by atoms with Crippen molar-refractivity contribution in [3.05, 3.63) is 102 Å². The first-order valence-electron chi connectivity index (χ1n) is 15.9. The molecule has 1 aromatic rings. The van der Waals surface area contributed by atoms with Gasteiger partial charge in [-0.3, -0.25) is 19.5 Å². The van der Waals surface area contributed by atoms with E-state index in [0.29, 0.717) is 31.5 Å². The van der Waals surface area contributed by atoms with Gasteiger partial charge in [-0.25, -0.2) is 0 Å². The lowest BCUT2D eigenvalue weighted by Gasteiger charge is -2.26. The van der Waals surface area contributed by atoms with Crippen LogP contribution in [0.3, 0.4) is 0 Å². The summed E-state index contributed by atoms with van der Waals surface area (Å²) >= 11 is 0. The number of nitrogens with one attached hydrogen (secondary N) is 2. The van der Waals surface area contributed by atoms with Crippen LogP contribution in [0.1, 0.15) is 74.3 Å². The number of allylic oxidation sites excluding steroid dienone is 12. The number of nitrogens with zero attached hydrogens (tertiary/aromatic N) is 2. The van der Waals surface area contributed by atoms with E-state index >= 15 is 0 Å². The van der Waals surface area contributed by atoms with Crippen molar-refractivity contribution >= 4 is 11.8 Å². The normalized spacial score (nSPS) is 14.8. The first-order valence-corrected chi connectivity index (χ1v) is 15.9. The molecule has 2 heterocycles. The fraction of sp³-hybridized carbons (Fsp3) is 0.472. The van der Waals surface area contributed by atoms with Crippen LogP contribution < -0.4 is 10.6 Å². The number of morpholine rings is 1. The molecule has 2 amide bonds. The van der Waals surface area contributed by atoms with Crippen LogP contribution in [0.15, 0.2) is 91.2 Å². The lowest BCUT2D eigenvalue weighted by atomic mass is 10.2. The van der Waals surface area contributed by atoms with Crippen molar-refractivity contribution in [3.63, 3.8) is 0 Å². The van der Waals surface area contributed by atoms with Crippen molar-refractivity contribution in [3.8, 4) is 0 Å². The summed E-state index contributed by atoms with van der Waals surface area (Å²) in [4.78, 5) is 31.2. The van der Waals surface area contributed by atoms with Crippen molar-refractivity contribution < 1.29 is 14.3 Å². The summed E-state index contributed by atoms with van der Waals surface area (Å²) in [7, 11) is 0. The molecule has 234 valence electrons. The number of amides is 2. The van der Waals surface area contributed by atoms with Gasteiger partial charge < -0.3 is 15.4 Å². The summed E-state index contributed by atoms with van der Waals surface area (Å²) in [6.07, 6.45) is 35.5. The Bertz CT molecular complexity index is 1060. The van der Waals surface area contributed by atoms with Gasteiger partial charge in [-0.05, 0) is 57.1 Å². The lowest BCUT2D eigenvalue weighted by Crippen LogP contribution is -2.37.